The highest BCUT2D eigenvalue weighted by atomic mass is 32.1. The van der Waals surface area contributed by atoms with Crippen LogP contribution in [0.15, 0.2) is 24.4 Å². The largest absolute Gasteiger partial charge is 0.395 e. The van der Waals surface area contributed by atoms with Gasteiger partial charge in [-0.15, -0.1) is 10.2 Å². The molecule has 2 aromatic rings. The van der Waals surface area contributed by atoms with Gasteiger partial charge < -0.3 is 10.0 Å². The number of aromatic nitrogens is 3. The molecule has 0 fully saturated rings. The summed E-state index contributed by atoms with van der Waals surface area (Å²) < 4.78 is 0. The van der Waals surface area contributed by atoms with Crippen LogP contribution in [0.25, 0.3) is 10.7 Å². The third kappa shape index (κ3) is 2.34. The van der Waals surface area contributed by atoms with E-state index in [2.05, 4.69) is 15.2 Å². The number of pyridine rings is 1. The Labute approximate surface area is 97.4 Å². The van der Waals surface area contributed by atoms with Crippen molar-refractivity contribution in [3.05, 3.63) is 24.4 Å². The fourth-order valence-electron chi connectivity index (χ4n) is 1.21. The third-order valence-corrected chi connectivity index (χ3v) is 3.12. The Bertz CT molecular complexity index is 445. The molecule has 16 heavy (non-hydrogen) atoms. The summed E-state index contributed by atoms with van der Waals surface area (Å²) in [6.45, 7) is 0.659. The Morgan fingerprint density at radius 1 is 1.38 bits per heavy atom. The van der Waals surface area contributed by atoms with E-state index in [9.17, 15) is 0 Å². The Balaban J connectivity index is 2.20. The standard InChI is InChI=1S/C10H12N4OS/c1-14(6-7-15)10-13-12-9(16-10)8-4-2-3-5-11-8/h2-5,15H,6-7H2,1H3. The predicted molar refractivity (Wildman–Crippen MR) is 63.5 cm³/mol. The van der Waals surface area contributed by atoms with E-state index in [0.717, 1.165) is 15.8 Å². The molecular formula is C10H12N4OS. The van der Waals surface area contributed by atoms with Crippen molar-refractivity contribution in [3.63, 3.8) is 0 Å². The first-order valence-electron chi connectivity index (χ1n) is 4.88. The highest BCUT2D eigenvalue weighted by Crippen LogP contribution is 2.26. The quantitative estimate of drug-likeness (QED) is 0.859. The second-order valence-corrected chi connectivity index (χ2v) is 4.21. The fourth-order valence-corrected chi connectivity index (χ4v) is 2.02. The normalized spacial score (nSPS) is 10.4. The topological polar surface area (TPSA) is 62.1 Å². The molecule has 5 nitrogen and oxygen atoms in total. The van der Waals surface area contributed by atoms with Crippen molar-refractivity contribution in [1.82, 2.24) is 15.2 Å². The smallest absolute Gasteiger partial charge is 0.208 e. The third-order valence-electron chi connectivity index (χ3n) is 2.06. The summed E-state index contributed by atoms with van der Waals surface area (Å²) in [6, 6.07) is 5.68. The summed E-state index contributed by atoms with van der Waals surface area (Å²) in [5.41, 5.74) is 0.823. The molecule has 0 saturated carbocycles. The van der Waals surface area contributed by atoms with Crippen LogP contribution < -0.4 is 4.90 Å². The fraction of sp³-hybridized carbons (Fsp3) is 0.300. The zero-order valence-electron chi connectivity index (χ0n) is 8.87. The molecule has 1 N–H and O–H groups in total. The first-order chi connectivity index (χ1) is 7.81. The van der Waals surface area contributed by atoms with Crippen molar-refractivity contribution in [1.29, 1.82) is 0 Å². The van der Waals surface area contributed by atoms with Crippen molar-refractivity contribution in [3.8, 4) is 10.7 Å². The summed E-state index contributed by atoms with van der Waals surface area (Å²) >= 11 is 1.46. The zero-order chi connectivity index (χ0) is 11.4. The van der Waals surface area contributed by atoms with Gasteiger partial charge in [0.2, 0.25) is 5.13 Å². The van der Waals surface area contributed by atoms with Crippen molar-refractivity contribution in [2.45, 2.75) is 0 Å². The molecule has 0 unspecified atom stereocenters. The minimum Gasteiger partial charge on any atom is -0.395 e. The number of hydrogen-bond acceptors (Lipinski definition) is 6. The summed E-state index contributed by atoms with van der Waals surface area (Å²) in [5, 5.41) is 18.5. The Morgan fingerprint density at radius 3 is 2.94 bits per heavy atom. The summed E-state index contributed by atoms with van der Waals surface area (Å²) in [6.07, 6.45) is 1.73. The van der Waals surface area contributed by atoms with Crippen LogP contribution in [0.2, 0.25) is 0 Å². The number of nitrogens with zero attached hydrogens (tertiary/aromatic N) is 4. The summed E-state index contributed by atoms with van der Waals surface area (Å²) in [7, 11) is 1.87. The maximum Gasteiger partial charge on any atom is 0.208 e. The molecule has 0 aliphatic carbocycles. The second-order valence-electron chi connectivity index (χ2n) is 3.25. The molecule has 2 heterocycles. The van der Waals surface area contributed by atoms with Gasteiger partial charge in [-0.3, -0.25) is 4.98 Å². The first kappa shape index (κ1) is 11.0. The molecule has 0 bridgehead atoms. The summed E-state index contributed by atoms with van der Waals surface area (Å²) in [4.78, 5) is 6.07. The average Bonchev–Trinajstić information content (AvgIpc) is 2.80. The number of likely N-dealkylation sites (N-methyl/N-ethyl adjacent to an activating group) is 1. The lowest BCUT2D eigenvalue weighted by atomic mass is 10.4. The molecule has 6 heteroatoms. The molecule has 0 radical (unpaired) electrons. The molecular weight excluding hydrogens is 224 g/mol. The van der Waals surface area contributed by atoms with Crippen LogP contribution in [-0.2, 0) is 0 Å². The highest BCUT2D eigenvalue weighted by molar-refractivity contribution is 7.18. The first-order valence-corrected chi connectivity index (χ1v) is 5.70. The predicted octanol–water partition coefficient (Wildman–Crippen LogP) is 1.03. The van der Waals surface area contributed by atoms with Crippen LogP contribution in [0, 0.1) is 0 Å². The number of aliphatic hydroxyl groups is 1. The van der Waals surface area contributed by atoms with E-state index in [4.69, 9.17) is 5.11 Å². The van der Waals surface area contributed by atoms with E-state index in [1.54, 1.807) is 6.20 Å². The van der Waals surface area contributed by atoms with Gasteiger partial charge in [0.05, 0.1) is 6.61 Å². The number of rotatable bonds is 4. The summed E-state index contributed by atoms with van der Waals surface area (Å²) in [5.74, 6) is 0. The molecule has 0 aliphatic heterocycles. The molecule has 0 amide bonds. The van der Waals surface area contributed by atoms with Gasteiger partial charge in [0.1, 0.15) is 5.69 Å². The Kier molecular flexibility index (Phi) is 3.43. The average molecular weight is 236 g/mol. The Hall–Kier alpha value is -1.53. The van der Waals surface area contributed by atoms with E-state index < -0.39 is 0 Å². The van der Waals surface area contributed by atoms with Gasteiger partial charge in [0.25, 0.3) is 0 Å². The maximum absolute atomic E-state index is 8.82. The minimum absolute atomic E-state index is 0.106. The van der Waals surface area contributed by atoms with Crippen molar-refractivity contribution in [2.75, 3.05) is 25.1 Å². The number of hydrogen-bond donors (Lipinski definition) is 1. The van der Waals surface area contributed by atoms with E-state index in [1.807, 2.05) is 30.1 Å². The van der Waals surface area contributed by atoms with Crippen molar-refractivity contribution in [2.24, 2.45) is 0 Å². The molecule has 2 aromatic heterocycles. The van der Waals surface area contributed by atoms with E-state index >= 15 is 0 Å². The lowest BCUT2D eigenvalue weighted by Gasteiger charge is -2.11. The monoisotopic (exact) mass is 236 g/mol. The van der Waals surface area contributed by atoms with Crippen molar-refractivity contribution >= 4 is 16.5 Å². The van der Waals surface area contributed by atoms with E-state index in [1.165, 1.54) is 11.3 Å². The maximum atomic E-state index is 8.82. The van der Waals surface area contributed by atoms with Gasteiger partial charge in [-0.1, -0.05) is 17.4 Å². The SMILES string of the molecule is CN(CCO)c1nnc(-c2ccccn2)s1. The Morgan fingerprint density at radius 2 is 2.25 bits per heavy atom. The van der Waals surface area contributed by atoms with Crippen LogP contribution in [0.5, 0.6) is 0 Å². The number of anilines is 1. The van der Waals surface area contributed by atoms with Gasteiger partial charge in [-0.25, -0.2) is 0 Å². The van der Waals surface area contributed by atoms with Gasteiger partial charge in [0, 0.05) is 19.8 Å². The van der Waals surface area contributed by atoms with Crippen LogP contribution in [0.1, 0.15) is 0 Å². The molecule has 0 aromatic carbocycles. The number of aliphatic hydroxyl groups excluding tert-OH is 1. The van der Waals surface area contributed by atoms with Crippen LogP contribution in [-0.4, -0.2) is 40.5 Å². The molecule has 0 aliphatic rings. The van der Waals surface area contributed by atoms with E-state index in [-0.39, 0.29) is 6.61 Å². The molecule has 0 spiro atoms. The zero-order valence-corrected chi connectivity index (χ0v) is 9.68. The second kappa shape index (κ2) is 5.00. The molecule has 0 saturated heterocycles. The lowest BCUT2D eigenvalue weighted by Crippen LogP contribution is -2.20. The van der Waals surface area contributed by atoms with Gasteiger partial charge in [-0.05, 0) is 12.1 Å². The van der Waals surface area contributed by atoms with Crippen molar-refractivity contribution < 1.29 is 5.11 Å². The van der Waals surface area contributed by atoms with Crippen LogP contribution in [0.4, 0.5) is 5.13 Å². The molecule has 0 atom stereocenters. The molecule has 2 rings (SSSR count). The van der Waals surface area contributed by atoms with Gasteiger partial charge in [0.15, 0.2) is 5.01 Å². The van der Waals surface area contributed by atoms with Crippen LogP contribution in [0.3, 0.4) is 0 Å². The molecule has 84 valence electrons. The highest BCUT2D eigenvalue weighted by Gasteiger charge is 2.10. The van der Waals surface area contributed by atoms with Gasteiger partial charge in [-0.2, -0.15) is 0 Å². The van der Waals surface area contributed by atoms with E-state index in [0.29, 0.717) is 6.54 Å². The van der Waals surface area contributed by atoms with Gasteiger partial charge >= 0.3 is 0 Å². The van der Waals surface area contributed by atoms with Crippen LogP contribution >= 0.6 is 11.3 Å². The lowest BCUT2D eigenvalue weighted by molar-refractivity contribution is 0.304. The minimum atomic E-state index is 0.106.